The van der Waals surface area contributed by atoms with Crippen LogP contribution in [0.15, 0.2) is 85.1 Å². The summed E-state index contributed by atoms with van der Waals surface area (Å²) in [7, 11) is 0. The lowest BCUT2D eigenvalue weighted by Crippen LogP contribution is -2.16. The highest BCUT2D eigenvalue weighted by atomic mass is 19.1. The molecular weight excluding hydrogens is 391 g/mol. The number of nitrogens with one attached hydrogen (secondary N) is 1. The summed E-state index contributed by atoms with van der Waals surface area (Å²) in [6, 6.07) is 23.5. The van der Waals surface area contributed by atoms with Gasteiger partial charge in [-0.25, -0.2) is 4.39 Å². The Hall–Kier alpha value is -3.73. The van der Waals surface area contributed by atoms with Gasteiger partial charge in [0, 0.05) is 23.6 Å². The summed E-state index contributed by atoms with van der Waals surface area (Å²) in [6.07, 6.45) is 0.540. The van der Waals surface area contributed by atoms with E-state index in [-0.39, 0.29) is 12.3 Å². The van der Waals surface area contributed by atoms with Gasteiger partial charge in [0.05, 0.1) is 17.8 Å². The smallest absolute Gasteiger partial charge is 0.256 e. The number of halogens is 1. The van der Waals surface area contributed by atoms with Crippen LogP contribution in [0.4, 0.5) is 10.1 Å². The van der Waals surface area contributed by atoms with Crippen LogP contribution in [0.25, 0.3) is 10.9 Å². The lowest BCUT2D eigenvalue weighted by atomic mass is 9.97. The molecule has 0 spiro atoms. The van der Waals surface area contributed by atoms with Crippen LogP contribution < -0.4 is 10.1 Å². The standard InChI is InChI=1S/C26H23FN2O2/c1-2-31-20-14-12-18(13-15-20)17-23(27)21-9-3-4-10-22(21)26(30)29-24-11-5-7-19-8-6-16-28-25(19)24/h3-16,23H,2,17H2,1H3,(H,29,30). The molecule has 4 nitrogen and oxygen atoms in total. The van der Waals surface area contributed by atoms with Gasteiger partial charge < -0.3 is 10.1 Å². The van der Waals surface area contributed by atoms with E-state index >= 15 is 4.39 Å². The van der Waals surface area contributed by atoms with Crippen molar-refractivity contribution in [2.75, 3.05) is 11.9 Å². The highest BCUT2D eigenvalue weighted by molar-refractivity contribution is 6.09. The zero-order chi connectivity index (χ0) is 21.6. The molecule has 5 heteroatoms. The molecule has 1 heterocycles. The Morgan fingerprint density at radius 2 is 1.77 bits per heavy atom. The second-order valence-corrected chi connectivity index (χ2v) is 7.17. The van der Waals surface area contributed by atoms with Crippen molar-refractivity contribution in [3.05, 3.63) is 102 Å². The zero-order valence-electron chi connectivity index (χ0n) is 17.2. The van der Waals surface area contributed by atoms with Crippen molar-refractivity contribution in [2.45, 2.75) is 19.5 Å². The Balaban J connectivity index is 1.55. The molecule has 1 aromatic heterocycles. The maximum atomic E-state index is 15.3. The highest BCUT2D eigenvalue weighted by Gasteiger charge is 2.20. The second kappa shape index (κ2) is 9.39. The number of aromatic nitrogens is 1. The van der Waals surface area contributed by atoms with E-state index in [4.69, 9.17) is 4.74 Å². The molecule has 0 aliphatic carbocycles. The van der Waals surface area contributed by atoms with Crippen LogP contribution in [-0.2, 0) is 6.42 Å². The molecule has 4 rings (SSSR count). The molecule has 3 aromatic carbocycles. The number of anilines is 1. The number of rotatable bonds is 7. The quantitative estimate of drug-likeness (QED) is 0.395. The van der Waals surface area contributed by atoms with Crippen LogP contribution in [0.3, 0.4) is 0 Å². The largest absolute Gasteiger partial charge is 0.494 e. The van der Waals surface area contributed by atoms with Crippen molar-refractivity contribution in [3.8, 4) is 5.75 Å². The first kappa shape index (κ1) is 20.5. The third-order valence-electron chi connectivity index (χ3n) is 5.07. The van der Waals surface area contributed by atoms with Gasteiger partial charge in [-0.2, -0.15) is 0 Å². The Morgan fingerprint density at radius 3 is 2.58 bits per heavy atom. The number of fused-ring (bicyclic) bond motifs is 1. The molecule has 4 aromatic rings. The Labute approximate surface area is 180 Å². The summed E-state index contributed by atoms with van der Waals surface area (Å²) in [5.74, 6) is 0.397. The Bertz CT molecular complexity index is 1190. The van der Waals surface area contributed by atoms with Crippen LogP contribution in [0.5, 0.6) is 5.75 Å². The van der Waals surface area contributed by atoms with E-state index in [1.54, 1.807) is 36.5 Å². The summed E-state index contributed by atoms with van der Waals surface area (Å²) >= 11 is 0. The number of ether oxygens (including phenoxy) is 1. The lowest BCUT2D eigenvalue weighted by Gasteiger charge is -2.15. The minimum absolute atomic E-state index is 0.173. The number of carbonyl (C=O) groups is 1. The van der Waals surface area contributed by atoms with Crippen LogP contribution in [0.2, 0.25) is 0 Å². The number of pyridine rings is 1. The van der Waals surface area contributed by atoms with Gasteiger partial charge in [0.1, 0.15) is 11.9 Å². The third kappa shape index (κ3) is 4.72. The minimum Gasteiger partial charge on any atom is -0.494 e. The Morgan fingerprint density at radius 1 is 1.00 bits per heavy atom. The minimum atomic E-state index is -1.31. The summed E-state index contributed by atoms with van der Waals surface area (Å²) in [4.78, 5) is 17.4. The highest BCUT2D eigenvalue weighted by Crippen LogP contribution is 2.28. The van der Waals surface area contributed by atoms with Crippen LogP contribution in [0.1, 0.15) is 34.6 Å². The second-order valence-electron chi connectivity index (χ2n) is 7.17. The average molecular weight is 414 g/mol. The molecule has 0 aliphatic heterocycles. The number of benzene rings is 3. The normalized spacial score (nSPS) is 11.8. The van der Waals surface area contributed by atoms with Crippen LogP contribution in [-0.4, -0.2) is 17.5 Å². The molecule has 1 unspecified atom stereocenters. The summed E-state index contributed by atoms with van der Waals surface area (Å²) < 4.78 is 20.7. The summed E-state index contributed by atoms with van der Waals surface area (Å²) in [6.45, 7) is 2.50. The molecule has 0 radical (unpaired) electrons. The van der Waals surface area contributed by atoms with E-state index in [2.05, 4.69) is 10.3 Å². The fourth-order valence-corrected chi connectivity index (χ4v) is 3.58. The summed E-state index contributed by atoms with van der Waals surface area (Å²) in [5.41, 5.74) is 2.81. The fraction of sp³-hybridized carbons (Fsp3) is 0.154. The third-order valence-corrected chi connectivity index (χ3v) is 5.07. The molecule has 0 aliphatic rings. The number of carbonyl (C=O) groups excluding carboxylic acids is 1. The maximum absolute atomic E-state index is 15.3. The number of amides is 1. The number of nitrogens with zero attached hydrogens (tertiary/aromatic N) is 1. The zero-order valence-corrected chi connectivity index (χ0v) is 17.2. The van der Waals surface area contributed by atoms with E-state index in [1.807, 2.05) is 55.5 Å². The molecule has 1 atom stereocenters. The topological polar surface area (TPSA) is 51.2 Å². The Kier molecular flexibility index (Phi) is 6.22. The maximum Gasteiger partial charge on any atom is 0.256 e. The first-order chi connectivity index (χ1) is 15.2. The first-order valence-corrected chi connectivity index (χ1v) is 10.3. The molecule has 0 bridgehead atoms. The molecule has 1 amide bonds. The van der Waals surface area contributed by atoms with E-state index in [0.717, 1.165) is 16.7 Å². The molecule has 0 saturated carbocycles. The van der Waals surface area contributed by atoms with Gasteiger partial charge in [0.15, 0.2) is 0 Å². The summed E-state index contributed by atoms with van der Waals surface area (Å²) in [5, 5.41) is 3.82. The van der Waals surface area contributed by atoms with Crippen molar-refractivity contribution in [3.63, 3.8) is 0 Å². The molecule has 1 N–H and O–H groups in total. The molecular formula is C26H23FN2O2. The molecule has 156 valence electrons. The van der Waals surface area contributed by atoms with Gasteiger partial charge in [-0.15, -0.1) is 0 Å². The van der Waals surface area contributed by atoms with Crippen molar-refractivity contribution >= 4 is 22.5 Å². The SMILES string of the molecule is CCOc1ccc(CC(F)c2ccccc2C(=O)Nc2cccc3cccnc23)cc1. The van der Waals surface area contributed by atoms with Gasteiger partial charge in [-0.05, 0) is 48.4 Å². The predicted octanol–water partition coefficient (Wildman–Crippen LogP) is 6.14. The molecule has 31 heavy (non-hydrogen) atoms. The average Bonchev–Trinajstić information content (AvgIpc) is 2.81. The van der Waals surface area contributed by atoms with Crippen molar-refractivity contribution < 1.29 is 13.9 Å². The van der Waals surface area contributed by atoms with E-state index in [9.17, 15) is 4.79 Å². The van der Waals surface area contributed by atoms with Gasteiger partial charge in [-0.3, -0.25) is 9.78 Å². The van der Waals surface area contributed by atoms with Gasteiger partial charge in [0.25, 0.3) is 5.91 Å². The van der Waals surface area contributed by atoms with E-state index in [1.165, 1.54) is 0 Å². The number of alkyl halides is 1. The van der Waals surface area contributed by atoms with Gasteiger partial charge >= 0.3 is 0 Å². The van der Waals surface area contributed by atoms with Gasteiger partial charge in [0.2, 0.25) is 0 Å². The number of hydrogen-bond acceptors (Lipinski definition) is 3. The monoisotopic (exact) mass is 414 g/mol. The van der Waals surface area contributed by atoms with Crippen molar-refractivity contribution in [2.24, 2.45) is 0 Å². The van der Waals surface area contributed by atoms with E-state index in [0.29, 0.717) is 28.9 Å². The van der Waals surface area contributed by atoms with Crippen LogP contribution >= 0.6 is 0 Å². The number of para-hydroxylation sites is 1. The van der Waals surface area contributed by atoms with Crippen LogP contribution in [0, 0.1) is 0 Å². The first-order valence-electron chi connectivity index (χ1n) is 10.3. The molecule has 0 saturated heterocycles. The van der Waals surface area contributed by atoms with Crippen molar-refractivity contribution in [1.29, 1.82) is 0 Å². The van der Waals surface area contributed by atoms with E-state index < -0.39 is 6.17 Å². The molecule has 0 fully saturated rings. The fourth-order valence-electron chi connectivity index (χ4n) is 3.58. The van der Waals surface area contributed by atoms with Crippen molar-refractivity contribution in [1.82, 2.24) is 4.98 Å². The van der Waals surface area contributed by atoms with Gasteiger partial charge in [-0.1, -0.05) is 48.5 Å². The lowest BCUT2D eigenvalue weighted by molar-refractivity contribution is 0.102. The predicted molar refractivity (Wildman–Crippen MR) is 121 cm³/mol. The number of hydrogen-bond donors (Lipinski definition) is 1.